The van der Waals surface area contributed by atoms with Crippen LogP contribution in [0, 0.1) is 0 Å². The maximum Gasteiger partial charge on any atom is 0.346 e. The molecule has 2 unspecified atom stereocenters. The van der Waals surface area contributed by atoms with Crippen molar-refractivity contribution in [2.75, 3.05) is 19.8 Å². The summed E-state index contributed by atoms with van der Waals surface area (Å²) in [6.45, 7) is 2.99. The Morgan fingerprint density at radius 3 is 2.25 bits per heavy atom. The molecule has 3 N–H and O–H groups in total. The van der Waals surface area contributed by atoms with Crippen LogP contribution < -0.4 is 0 Å². The van der Waals surface area contributed by atoms with E-state index in [1.54, 1.807) is 26.0 Å². The van der Waals surface area contributed by atoms with Gasteiger partial charge in [0.05, 0.1) is 13.2 Å². The third kappa shape index (κ3) is 5.74. The number of pyridine rings is 1. The van der Waals surface area contributed by atoms with Gasteiger partial charge in [-0.3, -0.25) is 14.1 Å². The van der Waals surface area contributed by atoms with Crippen LogP contribution >= 0.6 is 15.2 Å². The lowest BCUT2D eigenvalue weighted by Crippen LogP contribution is -2.23. The van der Waals surface area contributed by atoms with Crippen molar-refractivity contribution in [2.45, 2.75) is 38.0 Å². The summed E-state index contributed by atoms with van der Waals surface area (Å²) in [5.74, 6) is -0.824. The zero-order valence-electron chi connectivity index (χ0n) is 13.8. The molecule has 1 aromatic heterocycles. The number of aliphatic hydroxyl groups is 1. The molecule has 10 heteroatoms. The predicted octanol–water partition coefficient (Wildman–Crippen LogP) is 2.71. The maximum absolute atomic E-state index is 13.1. The van der Waals surface area contributed by atoms with Gasteiger partial charge in [-0.1, -0.05) is 6.07 Å². The molecular formula is C14H25NO7P2. The van der Waals surface area contributed by atoms with Crippen molar-refractivity contribution in [3.05, 3.63) is 30.1 Å². The molecule has 0 spiro atoms. The first kappa shape index (κ1) is 21.5. The van der Waals surface area contributed by atoms with Crippen LogP contribution in [-0.4, -0.2) is 45.1 Å². The van der Waals surface area contributed by atoms with Crippen molar-refractivity contribution in [1.29, 1.82) is 0 Å². The number of rotatable bonds is 11. The highest BCUT2D eigenvalue weighted by Crippen LogP contribution is 2.70. The van der Waals surface area contributed by atoms with E-state index in [1.165, 1.54) is 12.4 Å². The molecule has 0 aliphatic heterocycles. The molecule has 0 saturated carbocycles. The first-order chi connectivity index (χ1) is 11.3. The highest BCUT2D eigenvalue weighted by Gasteiger charge is 2.52. The van der Waals surface area contributed by atoms with Crippen LogP contribution in [0.5, 0.6) is 0 Å². The van der Waals surface area contributed by atoms with Crippen LogP contribution in [-0.2, 0) is 18.2 Å². The topological polar surface area (TPSA) is 126 Å². The average Bonchev–Trinajstić information content (AvgIpc) is 2.51. The molecule has 8 nitrogen and oxygen atoms in total. The molecule has 1 heterocycles. The third-order valence-corrected chi connectivity index (χ3v) is 8.48. The van der Waals surface area contributed by atoms with Gasteiger partial charge in [0.1, 0.15) is 0 Å². The predicted molar refractivity (Wildman–Crippen MR) is 90.0 cm³/mol. The molecule has 0 aliphatic carbocycles. The summed E-state index contributed by atoms with van der Waals surface area (Å²) in [4.78, 5) is 23.8. The summed E-state index contributed by atoms with van der Waals surface area (Å²) in [7, 11) is -8.93. The van der Waals surface area contributed by atoms with Crippen molar-refractivity contribution >= 4 is 15.2 Å². The van der Waals surface area contributed by atoms with Gasteiger partial charge >= 0.3 is 15.2 Å². The van der Waals surface area contributed by atoms with E-state index in [2.05, 4.69) is 4.98 Å². The summed E-state index contributed by atoms with van der Waals surface area (Å²) >= 11 is 0. The Kier molecular flexibility index (Phi) is 8.74. The van der Waals surface area contributed by atoms with E-state index in [0.717, 1.165) is 0 Å². The smallest absolute Gasteiger partial charge is 0.346 e. The van der Waals surface area contributed by atoms with Crippen LogP contribution in [0.4, 0.5) is 0 Å². The fourth-order valence-electron chi connectivity index (χ4n) is 2.58. The van der Waals surface area contributed by atoms with Crippen molar-refractivity contribution in [3.63, 3.8) is 0 Å². The molecule has 0 saturated heterocycles. The first-order valence-corrected chi connectivity index (χ1v) is 11.0. The van der Waals surface area contributed by atoms with Gasteiger partial charge in [0.2, 0.25) is 0 Å². The second-order valence-electron chi connectivity index (χ2n) is 5.14. The van der Waals surface area contributed by atoms with E-state index in [0.29, 0.717) is 5.56 Å². The lowest BCUT2D eigenvalue weighted by Gasteiger charge is -2.32. The summed E-state index contributed by atoms with van der Waals surface area (Å²) in [6, 6.07) is 3.28. The van der Waals surface area contributed by atoms with Crippen molar-refractivity contribution in [2.24, 2.45) is 0 Å². The van der Waals surface area contributed by atoms with Gasteiger partial charge in [0.25, 0.3) is 0 Å². The van der Waals surface area contributed by atoms with E-state index < -0.39 is 26.5 Å². The van der Waals surface area contributed by atoms with E-state index >= 15 is 0 Å². The van der Waals surface area contributed by atoms with Gasteiger partial charge in [-0.05, 0) is 38.3 Å². The lowest BCUT2D eigenvalue weighted by molar-refractivity contribution is 0.208. The molecule has 0 radical (unpaired) electrons. The van der Waals surface area contributed by atoms with E-state index in [1.807, 2.05) is 0 Å². The molecule has 0 fully saturated rings. The maximum atomic E-state index is 13.1. The largest absolute Gasteiger partial charge is 0.396 e. The number of aliphatic hydroxyl groups excluding tert-OH is 1. The summed E-state index contributed by atoms with van der Waals surface area (Å²) in [5.41, 5.74) is 0.513. The SMILES string of the molecule is CCOP(=O)(OCC)C(C(CCCO)c1cccnc1)P(=O)(O)O. The second-order valence-corrected chi connectivity index (χ2v) is 9.43. The molecule has 0 amide bonds. The standard InChI is InChI=1S/C14H25NO7P2/c1-3-21-24(20,22-4-2)14(23(17,18)19)13(8-6-10-16)12-7-5-9-15-11-12/h5,7,9,11,13-14,16H,3-4,6,8,10H2,1-2H3,(H2,17,18,19). The first-order valence-electron chi connectivity index (χ1n) is 7.75. The van der Waals surface area contributed by atoms with Crippen LogP contribution in [0.15, 0.2) is 24.5 Å². The van der Waals surface area contributed by atoms with Crippen molar-refractivity contribution in [1.82, 2.24) is 4.98 Å². The fraction of sp³-hybridized carbons (Fsp3) is 0.643. The molecule has 0 aliphatic rings. The zero-order valence-corrected chi connectivity index (χ0v) is 15.6. The second kappa shape index (κ2) is 9.78. The Morgan fingerprint density at radius 1 is 1.21 bits per heavy atom. The minimum atomic E-state index is -4.84. The van der Waals surface area contributed by atoms with Gasteiger partial charge in [-0.25, -0.2) is 0 Å². The van der Waals surface area contributed by atoms with Gasteiger partial charge in [0.15, 0.2) is 5.40 Å². The Hall–Kier alpha value is -0.590. The third-order valence-electron chi connectivity index (χ3n) is 3.43. The van der Waals surface area contributed by atoms with Gasteiger partial charge in [0, 0.05) is 24.9 Å². The molecule has 138 valence electrons. The van der Waals surface area contributed by atoms with E-state index in [9.17, 15) is 18.9 Å². The summed E-state index contributed by atoms with van der Waals surface area (Å²) < 4.78 is 35.7. The van der Waals surface area contributed by atoms with Crippen molar-refractivity contribution in [3.8, 4) is 0 Å². The number of hydrogen-bond donors (Lipinski definition) is 3. The van der Waals surface area contributed by atoms with Gasteiger partial charge in [-0.15, -0.1) is 0 Å². The summed E-state index contributed by atoms with van der Waals surface area (Å²) in [5, 5.41) is 7.46. The molecule has 1 aromatic rings. The molecule has 0 bridgehead atoms. The van der Waals surface area contributed by atoms with Crippen molar-refractivity contribution < 1.29 is 33.1 Å². The highest BCUT2D eigenvalue weighted by molar-refractivity contribution is 7.71. The van der Waals surface area contributed by atoms with Gasteiger partial charge < -0.3 is 23.9 Å². The van der Waals surface area contributed by atoms with Crippen LogP contribution in [0.2, 0.25) is 0 Å². The molecular weight excluding hydrogens is 356 g/mol. The molecule has 2 atom stereocenters. The minimum Gasteiger partial charge on any atom is -0.396 e. The molecule has 24 heavy (non-hydrogen) atoms. The van der Waals surface area contributed by atoms with Crippen LogP contribution in [0.25, 0.3) is 0 Å². The highest BCUT2D eigenvalue weighted by atomic mass is 31.2. The number of hydrogen-bond acceptors (Lipinski definition) is 6. The lowest BCUT2D eigenvalue weighted by atomic mass is 9.97. The van der Waals surface area contributed by atoms with Crippen LogP contribution in [0.1, 0.15) is 38.2 Å². The quantitative estimate of drug-likeness (QED) is 0.500. The minimum absolute atomic E-state index is 0.00641. The number of aromatic nitrogens is 1. The van der Waals surface area contributed by atoms with Gasteiger partial charge in [-0.2, -0.15) is 0 Å². The molecule has 0 aromatic carbocycles. The Balaban J connectivity index is 3.41. The van der Waals surface area contributed by atoms with E-state index in [-0.39, 0.29) is 32.7 Å². The summed E-state index contributed by atoms with van der Waals surface area (Å²) in [6.07, 6.45) is 3.49. The normalized spacial score (nSPS) is 15.2. The zero-order chi connectivity index (χ0) is 18.2. The average molecular weight is 381 g/mol. The molecule has 1 rings (SSSR count). The van der Waals surface area contributed by atoms with Crippen LogP contribution in [0.3, 0.4) is 0 Å². The monoisotopic (exact) mass is 381 g/mol. The fourth-order valence-corrected chi connectivity index (χ4v) is 7.11. The number of nitrogens with zero attached hydrogens (tertiary/aromatic N) is 1. The Labute approximate surface area is 141 Å². The Bertz CT molecular complexity index is 568. The van der Waals surface area contributed by atoms with E-state index in [4.69, 9.17) is 14.2 Å². The Morgan fingerprint density at radius 2 is 1.83 bits per heavy atom.